The van der Waals surface area contributed by atoms with Gasteiger partial charge in [-0.2, -0.15) is 10.2 Å². The second-order valence-electron chi connectivity index (χ2n) is 8.60. The molecule has 3 rings (SSSR count). The lowest BCUT2D eigenvalue weighted by atomic mass is 9.80. The molecule has 0 saturated carbocycles. The van der Waals surface area contributed by atoms with Crippen LogP contribution in [-0.2, 0) is 6.61 Å². The van der Waals surface area contributed by atoms with E-state index in [2.05, 4.69) is 9.97 Å². The average Bonchev–Trinajstić information content (AvgIpc) is 2.73. The fourth-order valence-corrected chi connectivity index (χ4v) is 3.64. The van der Waals surface area contributed by atoms with Crippen LogP contribution in [0, 0.1) is 28.4 Å². The van der Waals surface area contributed by atoms with Crippen molar-refractivity contribution >= 4 is 6.09 Å². The van der Waals surface area contributed by atoms with E-state index in [-0.39, 0.29) is 41.6 Å². The van der Waals surface area contributed by atoms with Gasteiger partial charge in [0.15, 0.2) is 17.4 Å². The molecule has 2 unspecified atom stereocenters. The molecule has 8 nitrogen and oxygen atoms in total. The molecule has 0 aliphatic carbocycles. The van der Waals surface area contributed by atoms with Gasteiger partial charge in [-0.3, -0.25) is 0 Å². The summed E-state index contributed by atoms with van der Waals surface area (Å²) in [6, 6.07) is 4.48. The van der Waals surface area contributed by atoms with E-state index in [4.69, 9.17) is 14.7 Å². The molecule has 0 radical (unpaired) electrons. The number of hydrogen-bond acceptors (Lipinski definition) is 6. The summed E-state index contributed by atoms with van der Waals surface area (Å²) in [5, 5.41) is 18.2. The number of piperidine rings is 1. The number of nitriles is 1. The molecule has 1 amide bonds. The standard InChI is InChI=1S/C22H24F2N4O4/c1-22(2,3)18-9-14(5-7-28(18)21(29)30)32-20-4-6-26-19(27-20)12-31-17-10-15(23)13(11-25)8-16(17)24/h4,6,8,10,14,18H,5,7,9,12H2,1-3H3,(H,29,30). The summed E-state index contributed by atoms with van der Waals surface area (Å²) < 4.78 is 38.9. The fraction of sp³-hybridized carbons (Fsp3) is 0.455. The zero-order chi connectivity index (χ0) is 23.5. The van der Waals surface area contributed by atoms with Gasteiger partial charge in [0.05, 0.1) is 5.56 Å². The van der Waals surface area contributed by atoms with E-state index in [0.717, 1.165) is 12.1 Å². The van der Waals surface area contributed by atoms with Gasteiger partial charge in [-0.1, -0.05) is 20.8 Å². The highest BCUT2D eigenvalue weighted by atomic mass is 19.1. The lowest BCUT2D eigenvalue weighted by Crippen LogP contribution is -2.53. The Kier molecular flexibility index (Phi) is 6.77. The molecule has 32 heavy (non-hydrogen) atoms. The van der Waals surface area contributed by atoms with Gasteiger partial charge >= 0.3 is 6.09 Å². The van der Waals surface area contributed by atoms with Crippen LogP contribution in [0.25, 0.3) is 0 Å². The van der Waals surface area contributed by atoms with E-state index in [9.17, 15) is 18.7 Å². The minimum Gasteiger partial charge on any atom is -0.482 e. The first kappa shape index (κ1) is 23.2. The summed E-state index contributed by atoms with van der Waals surface area (Å²) >= 11 is 0. The van der Waals surface area contributed by atoms with Crippen molar-refractivity contribution in [2.45, 2.75) is 52.4 Å². The molecule has 2 aromatic rings. The Bertz CT molecular complexity index is 1040. The van der Waals surface area contributed by atoms with Gasteiger partial charge in [0.1, 0.15) is 24.6 Å². The highest BCUT2D eigenvalue weighted by Crippen LogP contribution is 2.33. The number of benzene rings is 1. The lowest BCUT2D eigenvalue weighted by molar-refractivity contribution is 0.0115. The first-order valence-corrected chi connectivity index (χ1v) is 10.1. The van der Waals surface area contributed by atoms with E-state index < -0.39 is 23.3 Å². The normalized spacial score (nSPS) is 18.7. The first-order chi connectivity index (χ1) is 15.1. The summed E-state index contributed by atoms with van der Waals surface area (Å²) in [4.78, 5) is 21.3. The largest absolute Gasteiger partial charge is 0.482 e. The maximum atomic E-state index is 14.0. The number of carboxylic acid groups (broad SMARTS) is 1. The number of aromatic nitrogens is 2. The smallest absolute Gasteiger partial charge is 0.407 e. The SMILES string of the molecule is CC(C)(C)C1CC(Oc2ccnc(COc3cc(F)c(C#N)cc3F)n2)CCN1C(=O)O. The molecule has 0 spiro atoms. The Morgan fingerprint density at radius 2 is 2.09 bits per heavy atom. The van der Waals surface area contributed by atoms with Gasteiger partial charge in [-0.15, -0.1) is 0 Å². The predicted molar refractivity (Wildman–Crippen MR) is 109 cm³/mol. The van der Waals surface area contributed by atoms with E-state index in [1.165, 1.54) is 11.1 Å². The van der Waals surface area contributed by atoms with Gasteiger partial charge in [0.25, 0.3) is 0 Å². The molecule has 1 aliphatic heterocycles. The Morgan fingerprint density at radius 1 is 1.34 bits per heavy atom. The van der Waals surface area contributed by atoms with Crippen molar-refractivity contribution in [2.75, 3.05) is 6.54 Å². The number of hydrogen-bond donors (Lipinski definition) is 1. The molecule has 10 heteroatoms. The molecule has 1 N–H and O–H groups in total. The predicted octanol–water partition coefficient (Wildman–Crippen LogP) is 4.14. The summed E-state index contributed by atoms with van der Waals surface area (Å²) in [7, 11) is 0. The van der Waals surface area contributed by atoms with Crippen molar-refractivity contribution in [3.63, 3.8) is 0 Å². The molecule has 0 bridgehead atoms. The molecule has 170 valence electrons. The van der Waals surface area contributed by atoms with E-state index >= 15 is 0 Å². The number of halogens is 2. The van der Waals surface area contributed by atoms with Crippen molar-refractivity contribution in [2.24, 2.45) is 5.41 Å². The monoisotopic (exact) mass is 446 g/mol. The highest BCUT2D eigenvalue weighted by molar-refractivity contribution is 5.65. The van der Waals surface area contributed by atoms with Gasteiger partial charge in [-0.25, -0.2) is 18.6 Å². The van der Waals surface area contributed by atoms with Crippen molar-refractivity contribution in [3.8, 4) is 17.7 Å². The van der Waals surface area contributed by atoms with Crippen LogP contribution in [0.2, 0.25) is 0 Å². The van der Waals surface area contributed by atoms with Crippen LogP contribution < -0.4 is 9.47 Å². The van der Waals surface area contributed by atoms with Crippen LogP contribution in [0.1, 0.15) is 45.0 Å². The number of amides is 1. The van der Waals surface area contributed by atoms with E-state index in [1.54, 1.807) is 12.1 Å². The fourth-order valence-electron chi connectivity index (χ4n) is 3.64. The highest BCUT2D eigenvalue weighted by Gasteiger charge is 2.39. The topological polar surface area (TPSA) is 109 Å². The van der Waals surface area contributed by atoms with Crippen molar-refractivity contribution in [1.29, 1.82) is 5.26 Å². The Balaban J connectivity index is 1.66. The molecule has 1 aliphatic rings. The van der Waals surface area contributed by atoms with E-state index in [1.807, 2.05) is 20.8 Å². The number of nitrogens with zero attached hydrogens (tertiary/aromatic N) is 4. The van der Waals surface area contributed by atoms with Crippen molar-refractivity contribution in [1.82, 2.24) is 14.9 Å². The Labute approximate surface area is 184 Å². The van der Waals surface area contributed by atoms with E-state index in [0.29, 0.717) is 19.4 Å². The molecule has 2 heterocycles. The third-order valence-electron chi connectivity index (χ3n) is 5.27. The van der Waals surface area contributed by atoms with Gasteiger partial charge in [0.2, 0.25) is 5.88 Å². The summed E-state index contributed by atoms with van der Waals surface area (Å²) in [5.41, 5.74) is -0.671. The minimum atomic E-state index is -0.948. The molecular weight excluding hydrogens is 422 g/mol. The van der Waals surface area contributed by atoms with Crippen LogP contribution in [0.15, 0.2) is 24.4 Å². The first-order valence-electron chi connectivity index (χ1n) is 10.1. The summed E-state index contributed by atoms with van der Waals surface area (Å²) in [6.45, 7) is 6.08. The lowest BCUT2D eigenvalue weighted by Gasteiger charge is -2.44. The minimum absolute atomic E-state index is 0.196. The summed E-state index contributed by atoms with van der Waals surface area (Å²) in [6.07, 6.45) is 1.32. The van der Waals surface area contributed by atoms with Crippen LogP contribution in [0.5, 0.6) is 11.6 Å². The van der Waals surface area contributed by atoms with Crippen LogP contribution in [0.4, 0.5) is 13.6 Å². The third-order valence-corrected chi connectivity index (χ3v) is 5.27. The second-order valence-corrected chi connectivity index (χ2v) is 8.60. The third kappa shape index (κ3) is 5.41. The Morgan fingerprint density at radius 3 is 2.75 bits per heavy atom. The van der Waals surface area contributed by atoms with Crippen LogP contribution in [0.3, 0.4) is 0 Å². The quantitative estimate of drug-likeness (QED) is 0.735. The number of ether oxygens (including phenoxy) is 2. The summed E-state index contributed by atoms with van der Waals surface area (Å²) in [5.74, 6) is -1.63. The molecule has 1 aromatic heterocycles. The number of likely N-dealkylation sites (tertiary alicyclic amines) is 1. The maximum absolute atomic E-state index is 14.0. The Hall–Kier alpha value is -3.48. The number of carbonyl (C=O) groups is 1. The maximum Gasteiger partial charge on any atom is 0.407 e. The van der Waals surface area contributed by atoms with Crippen molar-refractivity contribution < 1.29 is 28.2 Å². The number of rotatable bonds is 5. The molecular formula is C22H24F2N4O4. The van der Waals surface area contributed by atoms with Gasteiger partial charge < -0.3 is 19.5 Å². The molecule has 1 aromatic carbocycles. The zero-order valence-electron chi connectivity index (χ0n) is 18.0. The van der Waals surface area contributed by atoms with Gasteiger partial charge in [0, 0.05) is 43.8 Å². The zero-order valence-corrected chi connectivity index (χ0v) is 18.0. The molecule has 1 saturated heterocycles. The second kappa shape index (κ2) is 9.34. The van der Waals surface area contributed by atoms with Crippen molar-refractivity contribution in [3.05, 3.63) is 47.4 Å². The molecule has 2 atom stereocenters. The van der Waals surface area contributed by atoms with Crippen LogP contribution in [-0.4, -0.2) is 44.8 Å². The molecule has 1 fully saturated rings. The van der Waals surface area contributed by atoms with Crippen LogP contribution >= 0.6 is 0 Å². The average molecular weight is 446 g/mol. The van der Waals surface area contributed by atoms with Gasteiger partial charge in [-0.05, 0) is 11.5 Å².